The summed E-state index contributed by atoms with van der Waals surface area (Å²) in [5, 5.41) is 3.76. The molecular weight excluding hydrogens is 246 g/mol. The van der Waals surface area contributed by atoms with Crippen LogP contribution in [0.2, 0.25) is 0 Å². The van der Waals surface area contributed by atoms with E-state index in [1.165, 1.54) is 50.6 Å². The summed E-state index contributed by atoms with van der Waals surface area (Å²) in [6.07, 6.45) is 7.91. The molecule has 1 saturated carbocycles. The molecular formula is C18H27NO. The molecule has 2 fully saturated rings. The van der Waals surface area contributed by atoms with Gasteiger partial charge in [-0.1, -0.05) is 30.3 Å². The van der Waals surface area contributed by atoms with Crippen molar-refractivity contribution in [3.05, 3.63) is 35.9 Å². The third-order valence-electron chi connectivity index (χ3n) is 5.01. The van der Waals surface area contributed by atoms with Gasteiger partial charge in [-0.2, -0.15) is 0 Å². The first kappa shape index (κ1) is 14.1. The Morgan fingerprint density at radius 1 is 1.00 bits per heavy atom. The summed E-state index contributed by atoms with van der Waals surface area (Å²) < 4.78 is 5.43. The van der Waals surface area contributed by atoms with Crippen LogP contribution in [0.25, 0.3) is 0 Å². The first-order valence-electron chi connectivity index (χ1n) is 8.28. The van der Waals surface area contributed by atoms with Crippen molar-refractivity contribution in [2.24, 2.45) is 5.92 Å². The van der Waals surface area contributed by atoms with E-state index in [9.17, 15) is 0 Å². The fourth-order valence-electron chi connectivity index (χ4n) is 3.66. The number of ether oxygens (including phenoxy) is 1. The molecule has 2 aliphatic rings. The maximum atomic E-state index is 5.43. The molecule has 0 aromatic heterocycles. The lowest BCUT2D eigenvalue weighted by atomic mass is 9.82. The van der Waals surface area contributed by atoms with E-state index in [0.29, 0.717) is 0 Å². The molecule has 3 rings (SSSR count). The van der Waals surface area contributed by atoms with Gasteiger partial charge in [0.05, 0.1) is 0 Å². The topological polar surface area (TPSA) is 21.3 Å². The molecule has 0 bridgehead atoms. The summed E-state index contributed by atoms with van der Waals surface area (Å²) in [5.41, 5.74) is 1.54. The minimum absolute atomic E-state index is 0.747. The lowest BCUT2D eigenvalue weighted by Gasteiger charge is -2.29. The van der Waals surface area contributed by atoms with Gasteiger partial charge in [-0.15, -0.1) is 0 Å². The van der Waals surface area contributed by atoms with Gasteiger partial charge in [0.15, 0.2) is 0 Å². The van der Waals surface area contributed by atoms with Crippen LogP contribution in [0.5, 0.6) is 0 Å². The molecule has 2 heteroatoms. The number of hydrogen-bond donors (Lipinski definition) is 1. The van der Waals surface area contributed by atoms with E-state index >= 15 is 0 Å². The van der Waals surface area contributed by atoms with E-state index in [4.69, 9.17) is 4.74 Å². The first-order valence-corrected chi connectivity index (χ1v) is 8.28. The van der Waals surface area contributed by atoms with Crippen LogP contribution in [-0.4, -0.2) is 25.8 Å². The summed E-state index contributed by atoms with van der Waals surface area (Å²) in [5.74, 6) is 1.60. The summed E-state index contributed by atoms with van der Waals surface area (Å²) in [6, 6.07) is 11.8. The molecule has 0 amide bonds. The lowest BCUT2D eigenvalue weighted by Crippen LogP contribution is -2.34. The molecule has 20 heavy (non-hydrogen) atoms. The number of hydrogen-bond acceptors (Lipinski definition) is 2. The predicted molar refractivity (Wildman–Crippen MR) is 83.0 cm³/mol. The van der Waals surface area contributed by atoms with E-state index in [0.717, 1.165) is 31.1 Å². The van der Waals surface area contributed by atoms with Gasteiger partial charge in [0.2, 0.25) is 0 Å². The Morgan fingerprint density at radius 3 is 2.50 bits per heavy atom. The molecule has 1 atom stereocenters. The van der Waals surface area contributed by atoms with Crippen molar-refractivity contribution in [3.63, 3.8) is 0 Å². The molecule has 1 unspecified atom stereocenters. The molecule has 2 nitrogen and oxygen atoms in total. The van der Waals surface area contributed by atoms with Gasteiger partial charge in [-0.3, -0.25) is 0 Å². The van der Waals surface area contributed by atoms with Crippen molar-refractivity contribution in [1.29, 1.82) is 0 Å². The second-order valence-corrected chi connectivity index (χ2v) is 6.43. The van der Waals surface area contributed by atoms with E-state index in [1.807, 2.05) is 0 Å². The normalized spacial score (nSPS) is 30.5. The van der Waals surface area contributed by atoms with Gasteiger partial charge in [-0.25, -0.2) is 0 Å². The van der Waals surface area contributed by atoms with Crippen LogP contribution in [0.15, 0.2) is 30.3 Å². The van der Waals surface area contributed by atoms with Crippen LogP contribution >= 0.6 is 0 Å². The van der Waals surface area contributed by atoms with Gasteiger partial charge in [0.1, 0.15) is 0 Å². The summed E-state index contributed by atoms with van der Waals surface area (Å²) >= 11 is 0. The molecule has 1 aliphatic carbocycles. The van der Waals surface area contributed by atoms with Crippen molar-refractivity contribution < 1.29 is 4.74 Å². The molecule has 0 spiro atoms. The number of rotatable bonds is 5. The van der Waals surface area contributed by atoms with Crippen molar-refractivity contribution in [2.45, 2.75) is 50.5 Å². The van der Waals surface area contributed by atoms with E-state index in [-0.39, 0.29) is 0 Å². The molecule has 1 aromatic carbocycles. The molecule has 1 aromatic rings. The quantitative estimate of drug-likeness (QED) is 0.882. The fourth-order valence-corrected chi connectivity index (χ4v) is 3.66. The Hall–Kier alpha value is -0.860. The molecule has 1 saturated heterocycles. The Balaban J connectivity index is 1.36. The SMILES string of the molecule is c1ccc(C2CCC(NCCC3CCOC3)CC2)cc1. The highest BCUT2D eigenvalue weighted by Gasteiger charge is 2.22. The zero-order chi connectivity index (χ0) is 13.6. The number of nitrogens with one attached hydrogen (secondary N) is 1. The summed E-state index contributed by atoms with van der Waals surface area (Å²) in [7, 11) is 0. The van der Waals surface area contributed by atoms with Gasteiger partial charge in [-0.05, 0) is 62.5 Å². The second-order valence-electron chi connectivity index (χ2n) is 6.43. The third-order valence-corrected chi connectivity index (χ3v) is 5.01. The summed E-state index contributed by atoms with van der Waals surface area (Å²) in [6.45, 7) is 3.14. The van der Waals surface area contributed by atoms with Gasteiger partial charge in [0.25, 0.3) is 0 Å². The minimum Gasteiger partial charge on any atom is -0.381 e. The zero-order valence-electron chi connectivity index (χ0n) is 12.4. The van der Waals surface area contributed by atoms with Gasteiger partial charge in [0, 0.05) is 19.3 Å². The smallest absolute Gasteiger partial charge is 0.0495 e. The maximum Gasteiger partial charge on any atom is 0.0495 e. The third kappa shape index (κ3) is 3.83. The van der Waals surface area contributed by atoms with Crippen molar-refractivity contribution >= 4 is 0 Å². The molecule has 1 N–H and O–H groups in total. The highest BCUT2D eigenvalue weighted by atomic mass is 16.5. The van der Waals surface area contributed by atoms with Crippen molar-refractivity contribution in [3.8, 4) is 0 Å². The average molecular weight is 273 g/mol. The Labute approximate surface area is 122 Å². The van der Waals surface area contributed by atoms with Crippen LogP contribution in [-0.2, 0) is 4.74 Å². The van der Waals surface area contributed by atoms with Crippen LogP contribution in [0.4, 0.5) is 0 Å². The molecule has 1 heterocycles. The predicted octanol–water partition coefficient (Wildman–Crippen LogP) is 3.73. The standard InChI is InChI=1S/C18H27NO/c1-2-4-16(5-3-1)17-6-8-18(9-7-17)19-12-10-15-11-13-20-14-15/h1-5,15,17-19H,6-14H2. The van der Waals surface area contributed by atoms with Gasteiger partial charge < -0.3 is 10.1 Å². The Morgan fingerprint density at radius 2 is 1.80 bits per heavy atom. The summed E-state index contributed by atoms with van der Waals surface area (Å²) in [4.78, 5) is 0. The minimum atomic E-state index is 0.747. The zero-order valence-corrected chi connectivity index (χ0v) is 12.4. The monoisotopic (exact) mass is 273 g/mol. The molecule has 1 aliphatic heterocycles. The van der Waals surface area contributed by atoms with Crippen LogP contribution < -0.4 is 5.32 Å². The van der Waals surface area contributed by atoms with Crippen LogP contribution in [0.1, 0.15) is 50.0 Å². The Bertz CT molecular complexity index is 378. The highest BCUT2D eigenvalue weighted by molar-refractivity contribution is 5.20. The number of benzene rings is 1. The highest BCUT2D eigenvalue weighted by Crippen LogP contribution is 2.32. The van der Waals surface area contributed by atoms with Crippen LogP contribution in [0.3, 0.4) is 0 Å². The van der Waals surface area contributed by atoms with Crippen LogP contribution in [0, 0.1) is 5.92 Å². The second kappa shape index (κ2) is 7.24. The van der Waals surface area contributed by atoms with E-state index in [1.54, 1.807) is 0 Å². The lowest BCUT2D eigenvalue weighted by molar-refractivity contribution is 0.183. The first-order chi connectivity index (χ1) is 9.92. The van der Waals surface area contributed by atoms with Gasteiger partial charge >= 0.3 is 0 Å². The average Bonchev–Trinajstić information content (AvgIpc) is 3.02. The van der Waals surface area contributed by atoms with E-state index in [2.05, 4.69) is 35.6 Å². The van der Waals surface area contributed by atoms with Crippen molar-refractivity contribution in [1.82, 2.24) is 5.32 Å². The molecule has 0 radical (unpaired) electrons. The van der Waals surface area contributed by atoms with E-state index < -0.39 is 0 Å². The molecule has 110 valence electrons. The Kier molecular flexibility index (Phi) is 5.10. The maximum absolute atomic E-state index is 5.43. The largest absolute Gasteiger partial charge is 0.381 e. The fraction of sp³-hybridized carbons (Fsp3) is 0.667. The van der Waals surface area contributed by atoms with Crippen molar-refractivity contribution in [2.75, 3.05) is 19.8 Å².